The lowest BCUT2D eigenvalue weighted by Crippen LogP contribution is -2.38. The maximum atomic E-state index is 13.8. The summed E-state index contributed by atoms with van der Waals surface area (Å²) in [5.74, 6) is -0.488. The minimum absolute atomic E-state index is 0.0993. The summed E-state index contributed by atoms with van der Waals surface area (Å²) in [6, 6.07) is 13.2. The molecule has 0 radical (unpaired) electrons. The summed E-state index contributed by atoms with van der Waals surface area (Å²) in [7, 11) is 0. The van der Waals surface area contributed by atoms with E-state index in [1.165, 1.54) is 24.3 Å². The van der Waals surface area contributed by atoms with Crippen molar-refractivity contribution < 1.29 is 22.7 Å². The van der Waals surface area contributed by atoms with Gasteiger partial charge in [0.1, 0.15) is 5.75 Å². The first-order chi connectivity index (χ1) is 15.2. The Morgan fingerprint density at radius 1 is 1.16 bits per heavy atom. The zero-order valence-corrected chi connectivity index (χ0v) is 17.8. The number of rotatable bonds is 7. The Morgan fingerprint density at radius 3 is 2.34 bits per heavy atom. The summed E-state index contributed by atoms with van der Waals surface area (Å²) in [6.07, 6.45) is 0.705. The van der Waals surface area contributed by atoms with Gasteiger partial charge in [0, 0.05) is 11.5 Å². The lowest BCUT2D eigenvalue weighted by Gasteiger charge is -2.24. The third-order valence-electron chi connectivity index (χ3n) is 5.75. The minimum Gasteiger partial charge on any atom is -0.493 e. The molecule has 2 aromatic carbocycles. The number of hydrogen-bond donors (Lipinski definition) is 1. The quantitative estimate of drug-likeness (QED) is 0.424. The van der Waals surface area contributed by atoms with Gasteiger partial charge >= 0.3 is 6.18 Å². The van der Waals surface area contributed by atoms with Gasteiger partial charge in [0.25, 0.3) is 5.91 Å². The Balaban J connectivity index is 1.75. The van der Waals surface area contributed by atoms with Gasteiger partial charge < -0.3 is 10.1 Å². The Kier molecular flexibility index (Phi) is 7.24. The summed E-state index contributed by atoms with van der Waals surface area (Å²) < 4.78 is 47.2. The van der Waals surface area contributed by atoms with Crippen molar-refractivity contribution in [2.24, 2.45) is 5.41 Å². The SMILES string of the molecule is CC1(COc2ccc([C@@H](NC(=O)C(=CC#N)c3ccccc3)C(F)(F)F)cc2)CCCC1. The van der Waals surface area contributed by atoms with Crippen LogP contribution in [-0.4, -0.2) is 18.7 Å². The average molecular weight is 442 g/mol. The number of benzene rings is 2. The van der Waals surface area contributed by atoms with E-state index in [1.54, 1.807) is 36.4 Å². The predicted octanol–water partition coefficient (Wildman–Crippen LogP) is 5.97. The van der Waals surface area contributed by atoms with Gasteiger partial charge in [-0.3, -0.25) is 4.79 Å². The number of carbonyl (C=O) groups is 1. The van der Waals surface area contributed by atoms with Crippen LogP contribution in [0.25, 0.3) is 5.57 Å². The highest BCUT2D eigenvalue weighted by Crippen LogP contribution is 2.38. The van der Waals surface area contributed by atoms with Gasteiger partial charge in [0.05, 0.1) is 18.2 Å². The second-order valence-corrected chi connectivity index (χ2v) is 8.38. The van der Waals surface area contributed by atoms with E-state index in [1.807, 2.05) is 5.32 Å². The van der Waals surface area contributed by atoms with Crippen LogP contribution in [0, 0.1) is 16.7 Å². The van der Waals surface area contributed by atoms with E-state index in [0.29, 0.717) is 17.9 Å². The van der Waals surface area contributed by atoms with E-state index in [9.17, 15) is 18.0 Å². The van der Waals surface area contributed by atoms with Crippen molar-refractivity contribution in [3.05, 3.63) is 71.8 Å². The first kappa shape index (κ1) is 23.4. The molecule has 0 heterocycles. The molecule has 7 heteroatoms. The second kappa shape index (κ2) is 9.90. The van der Waals surface area contributed by atoms with Crippen molar-refractivity contribution in [3.63, 3.8) is 0 Å². The van der Waals surface area contributed by atoms with Gasteiger partial charge in [-0.25, -0.2) is 0 Å². The lowest BCUT2D eigenvalue weighted by atomic mass is 9.90. The fourth-order valence-electron chi connectivity index (χ4n) is 3.91. The van der Waals surface area contributed by atoms with Crippen LogP contribution < -0.4 is 10.1 Å². The van der Waals surface area contributed by atoms with Gasteiger partial charge in [-0.2, -0.15) is 18.4 Å². The highest BCUT2D eigenvalue weighted by molar-refractivity contribution is 6.20. The summed E-state index contributed by atoms with van der Waals surface area (Å²) in [5, 5.41) is 11.0. The Labute approximate surface area is 185 Å². The van der Waals surface area contributed by atoms with Crippen molar-refractivity contribution in [2.45, 2.75) is 44.8 Å². The molecule has 0 unspecified atom stereocenters. The molecule has 0 spiro atoms. The van der Waals surface area contributed by atoms with Crippen molar-refractivity contribution in [3.8, 4) is 11.8 Å². The van der Waals surface area contributed by atoms with Crippen LogP contribution in [0.5, 0.6) is 5.75 Å². The van der Waals surface area contributed by atoms with Crippen molar-refractivity contribution in [1.82, 2.24) is 5.32 Å². The number of ether oxygens (including phenoxy) is 1. The van der Waals surface area contributed by atoms with Crippen LogP contribution in [0.2, 0.25) is 0 Å². The number of allylic oxidation sites excluding steroid dienone is 1. The summed E-state index contributed by atoms with van der Waals surface area (Å²) >= 11 is 0. The van der Waals surface area contributed by atoms with Gasteiger partial charge in [-0.15, -0.1) is 0 Å². The van der Waals surface area contributed by atoms with Crippen LogP contribution in [0.1, 0.15) is 49.8 Å². The molecular weight excluding hydrogens is 417 g/mol. The fraction of sp³-hybridized carbons (Fsp3) is 0.360. The molecule has 32 heavy (non-hydrogen) atoms. The third-order valence-corrected chi connectivity index (χ3v) is 5.75. The number of carbonyl (C=O) groups excluding carboxylic acids is 1. The highest BCUT2D eigenvalue weighted by atomic mass is 19.4. The van der Waals surface area contributed by atoms with E-state index >= 15 is 0 Å². The minimum atomic E-state index is -4.72. The molecule has 1 amide bonds. The van der Waals surface area contributed by atoms with Gasteiger partial charge in [0.15, 0.2) is 6.04 Å². The first-order valence-corrected chi connectivity index (χ1v) is 10.5. The topological polar surface area (TPSA) is 62.1 Å². The van der Waals surface area contributed by atoms with E-state index in [-0.39, 0.29) is 16.6 Å². The zero-order valence-electron chi connectivity index (χ0n) is 17.8. The smallest absolute Gasteiger partial charge is 0.412 e. The van der Waals surface area contributed by atoms with Gasteiger partial charge in [-0.05, 0) is 36.1 Å². The molecule has 1 N–H and O–H groups in total. The number of amides is 1. The molecule has 0 bridgehead atoms. The van der Waals surface area contributed by atoms with E-state index in [0.717, 1.165) is 31.8 Å². The van der Waals surface area contributed by atoms with Gasteiger partial charge in [0.2, 0.25) is 0 Å². The molecule has 0 aromatic heterocycles. The van der Waals surface area contributed by atoms with Crippen LogP contribution in [0.15, 0.2) is 60.7 Å². The normalized spacial score (nSPS) is 16.8. The third kappa shape index (κ3) is 5.91. The molecule has 0 aliphatic heterocycles. The summed E-state index contributed by atoms with van der Waals surface area (Å²) in [6.45, 7) is 2.67. The molecule has 4 nitrogen and oxygen atoms in total. The Bertz CT molecular complexity index is 987. The molecule has 0 saturated heterocycles. The van der Waals surface area contributed by atoms with Crippen molar-refractivity contribution >= 4 is 11.5 Å². The predicted molar refractivity (Wildman–Crippen MR) is 115 cm³/mol. The standard InChI is InChI=1S/C25H25F3N2O2/c1-24(14-5-6-15-24)17-32-20-11-9-19(10-12-20)22(25(26,27)28)30-23(31)21(13-16-29)18-7-3-2-4-8-18/h2-4,7-13,22H,5-6,14-15,17H2,1H3,(H,30,31)/t22-/m1/s1. The molecule has 1 aliphatic carbocycles. The number of nitrogens with one attached hydrogen (secondary N) is 1. The Morgan fingerprint density at radius 2 is 1.78 bits per heavy atom. The van der Waals surface area contributed by atoms with Gasteiger partial charge in [-0.1, -0.05) is 62.2 Å². The highest BCUT2D eigenvalue weighted by Gasteiger charge is 2.42. The van der Waals surface area contributed by atoms with Crippen LogP contribution in [0.4, 0.5) is 13.2 Å². The van der Waals surface area contributed by atoms with Crippen LogP contribution >= 0.6 is 0 Å². The van der Waals surface area contributed by atoms with Crippen molar-refractivity contribution in [1.29, 1.82) is 5.26 Å². The largest absolute Gasteiger partial charge is 0.493 e. The molecular formula is C25H25F3N2O2. The molecule has 1 saturated carbocycles. The molecule has 1 fully saturated rings. The number of hydrogen-bond acceptors (Lipinski definition) is 3. The number of nitriles is 1. The monoisotopic (exact) mass is 442 g/mol. The number of nitrogens with zero attached hydrogens (tertiary/aromatic N) is 1. The second-order valence-electron chi connectivity index (χ2n) is 8.38. The molecule has 3 rings (SSSR count). The Hall–Kier alpha value is -3.27. The molecule has 1 atom stereocenters. The van der Waals surface area contributed by atoms with Crippen molar-refractivity contribution in [2.75, 3.05) is 6.61 Å². The van der Waals surface area contributed by atoms with E-state index < -0.39 is 18.1 Å². The van der Waals surface area contributed by atoms with E-state index in [2.05, 4.69) is 6.92 Å². The molecule has 168 valence electrons. The molecule has 1 aliphatic rings. The van der Waals surface area contributed by atoms with Crippen LogP contribution in [0.3, 0.4) is 0 Å². The van der Waals surface area contributed by atoms with Crippen LogP contribution in [-0.2, 0) is 4.79 Å². The fourth-order valence-corrected chi connectivity index (χ4v) is 3.91. The zero-order chi connectivity index (χ0) is 23.2. The van der Waals surface area contributed by atoms with E-state index in [4.69, 9.17) is 10.00 Å². The number of alkyl halides is 3. The lowest BCUT2D eigenvalue weighted by molar-refractivity contribution is -0.161. The summed E-state index contributed by atoms with van der Waals surface area (Å²) in [4.78, 5) is 12.7. The maximum absolute atomic E-state index is 13.8. The average Bonchev–Trinajstić information content (AvgIpc) is 3.21. The summed E-state index contributed by atoms with van der Waals surface area (Å²) in [5.41, 5.74) is 0.209. The number of halogens is 3. The maximum Gasteiger partial charge on any atom is 0.412 e. The molecule has 2 aromatic rings. The first-order valence-electron chi connectivity index (χ1n) is 10.5.